The normalized spacial score (nSPS) is 19.5. The van der Waals surface area contributed by atoms with Gasteiger partial charge < -0.3 is 14.5 Å². The van der Waals surface area contributed by atoms with E-state index in [1.807, 2.05) is 42.0 Å². The third kappa shape index (κ3) is 5.93. The minimum Gasteiger partial charge on any atom is -0.494 e. The molecule has 0 unspecified atom stereocenters. The highest BCUT2D eigenvalue weighted by atomic mass is 16.5. The van der Waals surface area contributed by atoms with E-state index in [0.717, 1.165) is 82.8 Å². The van der Waals surface area contributed by atoms with Gasteiger partial charge in [0.1, 0.15) is 11.4 Å². The molecule has 2 fully saturated rings. The first-order valence-corrected chi connectivity index (χ1v) is 12.0. The number of rotatable bonds is 8. The molecule has 2 saturated heterocycles. The Labute approximate surface area is 196 Å². The van der Waals surface area contributed by atoms with Crippen molar-refractivity contribution in [2.24, 2.45) is 7.05 Å². The van der Waals surface area contributed by atoms with E-state index < -0.39 is 0 Å². The summed E-state index contributed by atoms with van der Waals surface area (Å²) in [5.74, 6) is 0.932. The zero-order valence-electron chi connectivity index (χ0n) is 19.8. The summed E-state index contributed by atoms with van der Waals surface area (Å²) in [6.45, 7) is 7.60. The van der Waals surface area contributed by atoms with Crippen LogP contribution in [0.3, 0.4) is 0 Å². The maximum Gasteiger partial charge on any atom is 0.272 e. The molecule has 0 aliphatic carbocycles. The van der Waals surface area contributed by atoms with Crippen molar-refractivity contribution >= 4 is 12.3 Å². The molecule has 2 amide bonds. The summed E-state index contributed by atoms with van der Waals surface area (Å²) in [6.07, 6.45) is 4.97. The Hall–Kier alpha value is -2.87. The molecule has 0 saturated carbocycles. The Bertz CT molecular complexity index is 934. The second-order valence-corrected chi connectivity index (χ2v) is 9.14. The van der Waals surface area contributed by atoms with Crippen LogP contribution >= 0.6 is 0 Å². The topological polar surface area (TPSA) is 70.9 Å². The third-order valence-corrected chi connectivity index (χ3v) is 6.71. The van der Waals surface area contributed by atoms with Crippen molar-refractivity contribution in [3.63, 3.8) is 0 Å². The van der Waals surface area contributed by atoms with E-state index in [1.165, 1.54) is 5.56 Å². The summed E-state index contributed by atoms with van der Waals surface area (Å²) in [5.41, 5.74) is 2.77. The number of benzene rings is 1. The number of amides is 2. The van der Waals surface area contributed by atoms with Crippen LogP contribution in [0.15, 0.2) is 30.3 Å². The lowest BCUT2D eigenvalue weighted by atomic mass is 9.99. The summed E-state index contributed by atoms with van der Waals surface area (Å²) in [5, 5.41) is 4.33. The Morgan fingerprint density at radius 2 is 1.88 bits per heavy atom. The number of aryl methyl sites for hydroxylation is 2. The lowest BCUT2D eigenvalue weighted by molar-refractivity contribution is -0.119. The quantitative estimate of drug-likeness (QED) is 0.575. The fourth-order valence-electron chi connectivity index (χ4n) is 4.81. The SMILES string of the molecule is Cc1cc(C(=O)N2CCCC[C@@H]2CCOc2ccc(CN3CCN(C=O)CC3)cc2)n(C)n1. The molecule has 3 heterocycles. The lowest BCUT2D eigenvalue weighted by Gasteiger charge is -2.35. The van der Waals surface area contributed by atoms with Gasteiger partial charge in [-0.3, -0.25) is 19.2 Å². The zero-order chi connectivity index (χ0) is 23.2. The molecule has 8 nitrogen and oxygen atoms in total. The monoisotopic (exact) mass is 453 g/mol. The molecule has 2 aliphatic heterocycles. The van der Waals surface area contributed by atoms with Gasteiger partial charge >= 0.3 is 0 Å². The van der Waals surface area contributed by atoms with E-state index in [4.69, 9.17) is 4.74 Å². The highest BCUT2D eigenvalue weighted by Gasteiger charge is 2.29. The third-order valence-electron chi connectivity index (χ3n) is 6.71. The van der Waals surface area contributed by atoms with Crippen LogP contribution in [0.25, 0.3) is 0 Å². The van der Waals surface area contributed by atoms with E-state index in [-0.39, 0.29) is 11.9 Å². The first kappa shape index (κ1) is 23.3. The van der Waals surface area contributed by atoms with E-state index in [1.54, 1.807) is 4.68 Å². The molecule has 0 radical (unpaired) electrons. The van der Waals surface area contributed by atoms with Crippen LogP contribution in [0.1, 0.15) is 47.4 Å². The van der Waals surface area contributed by atoms with Gasteiger partial charge in [0.2, 0.25) is 6.41 Å². The molecule has 0 N–H and O–H groups in total. The molecule has 2 aromatic rings. The number of carbonyl (C=O) groups is 2. The highest BCUT2D eigenvalue weighted by Crippen LogP contribution is 2.23. The van der Waals surface area contributed by atoms with Crippen molar-refractivity contribution in [3.05, 3.63) is 47.3 Å². The molecule has 8 heteroatoms. The first-order valence-electron chi connectivity index (χ1n) is 12.0. The lowest BCUT2D eigenvalue weighted by Crippen LogP contribution is -2.45. The Morgan fingerprint density at radius 3 is 2.55 bits per heavy atom. The van der Waals surface area contributed by atoms with Crippen molar-refractivity contribution < 1.29 is 14.3 Å². The van der Waals surface area contributed by atoms with Crippen LogP contribution in [-0.2, 0) is 18.4 Å². The fourth-order valence-corrected chi connectivity index (χ4v) is 4.81. The summed E-state index contributed by atoms with van der Waals surface area (Å²) >= 11 is 0. The number of hydrogen-bond donors (Lipinski definition) is 0. The van der Waals surface area contributed by atoms with Gasteiger partial charge in [-0.25, -0.2) is 0 Å². The Kier molecular flexibility index (Phi) is 7.65. The summed E-state index contributed by atoms with van der Waals surface area (Å²) < 4.78 is 7.71. The molecular formula is C25H35N5O3. The number of hydrogen-bond acceptors (Lipinski definition) is 5. The molecule has 2 aliphatic rings. The molecule has 1 aromatic heterocycles. The summed E-state index contributed by atoms with van der Waals surface area (Å²) in [7, 11) is 1.83. The standard InChI is InChI=1S/C25H35N5O3/c1-20-17-24(27(2)26-20)25(32)30-11-4-3-5-22(30)10-16-33-23-8-6-21(7-9-23)18-28-12-14-29(19-31)15-13-28/h6-9,17,19,22H,3-5,10-16,18H2,1-2H3/t22-/m1/s1. The second kappa shape index (κ2) is 10.8. The van der Waals surface area contributed by atoms with E-state index >= 15 is 0 Å². The van der Waals surface area contributed by atoms with Crippen molar-refractivity contribution in [2.45, 2.75) is 45.2 Å². The van der Waals surface area contributed by atoms with E-state index in [2.05, 4.69) is 22.1 Å². The van der Waals surface area contributed by atoms with Crippen molar-refractivity contribution in [1.29, 1.82) is 0 Å². The van der Waals surface area contributed by atoms with Crippen LogP contribution in [0.4, 0.5) is 0 Å². The predicted molar refractivity (Wildman–Crippen MR) is 126 cm³/mol. The van der Waals surface area contributed by atoms with Gasteiger partial charge in [0.15, 0.2) is 0 Å². The molecule has 1 atom stereocenters. The minimum atomic E-state index is 0.0705. The van der Waals surface area contributed by atoms with Gasteiger partial charge in [-0.05, 0) is 49.9 Å². The van der Waals surface area contributed by atoms with Gasteiger partial charge in [-0.2, -0.15) is 5.10 Å². The number of ether oxygens (including phenoxy) is 1. The van der Waals surface area contributed by atoms with Gasteiger partial charge in [-0.15, -0.1) is 0 Å². The van der Waals surface area contributed by atoms with E-state index in [9.17, 15) is 9.59 Å². The second-order valence-electron chi connectivity index (χ2n) is 9.14. The number of carbonyl (C=O) groups excluding carboxylic acids is 2. The fraction of sp³-hybridized carbons (Fsp3) is 0.560. The highest BCUT2D eigenvalue weighted by molar-refractivity contribution is 5.93. The van der Waals surface area contributed by atoms with Crippen LogP contribution in [0.5, 0.6) is 5.75 Å². The molecular weight excluding hydrogens is 418 g/mol. The number of aromatic nitrogens is 2. The van der Waals surface area contributed by atoms with Gasteiger partial charge in [-0.1, -0.05) is 12.1 Å². The molecule has 0 bridgehead atoms. The molecule has 1 aromatic carbocycles. The van der Waals surface area contributed by atoms with Crippen LogP contribution in [0.2, 0.25) is 0 Å². The van der Waals surface area contributed by atoms with Gasteiger partial charge in [0, 0.05) is 58.8 Å². The average Bonchev–Trinajstić information content (AvgIpc) is 3.18. The average molecular weight is 454 g/mol. The number of piperidine rings is 1. The number of piperazine rings is 1. The summed E-state index contributed by atoms with van der Waals surface area (Å²) in [6, 6.07) is 10.4. The predicted octanol–water partition coefficient (Wildman–Crippen LogP) is 2.47. The van der Waals surface area contributed by atoms with E-state index in [0.29, 0.717) is 12.3 Å². The van der Waals surface area contributed by atoms with Crippen molar-refractivity contribution in [2.75, 3.05) is 39.3 Å². The smallest absolute Gasteiger partial charge is 0.272 e. The molecule has 178 valence electrons. The number of likely N-dealkylation sites (tertiary alicyclic amines) is 1. The molecule has 0 spiro atoms. The maximum atomic E-state index is 13.1. The summed E-state index contributed by atoms with van der Waals surface area (Å²) in [4.78, 5) is 30.2. The van der Waals surface area contributed by atoms with Gasteiger partial charge in [0.25, 0.3) is 5.91 Å². The Morgan fingerprint density at radius 1 is 1.12 bits per heavy atom. The van der Waals surface area contributed by atoms with Crippen LogP contribution < -0.4 is 4.74 Å². The minimum absolute atomic E-state index is 0.0705. The van der Waals surface area contributed by atoms with Crippen molar-refractivity contribution in [1.82, 2.24) is 24.5 Å². The zero-order valence-corrected chi connectivity index (χ0v) is 19.8. The van der Waals surface area contributed by atoms with Crippen LogP contribution in [-0.4, -0.2) is 82.2 Å². The molecule has 4 rings (SSSR count). The van der Waals surface area contributed by atoms with Crippen LogP contribution in [0, 0.1) is 6.92 Å². The maximum absolute atomic E-state index is 13.1. The number of nitrogens with zero attached hydrogens (tertiary/aromatic N) is 5. The van der Waals surface area contributed by atoms with Gasteiger partial charge in [0.05, 0.1) is 12.3 Å². The first-order chi connectivity index (χ1) is 16.0. The molecule has 33 heavy (non-hydrogen) atoms. The largest absolute Gasteiger partial charge is 0.494 e. The van der Waals surface area contributed by atoms with Crippen molar-refractivity contribution in [3.8, 4) is 5.75 Å². The Balaban J connectivity index is 1.26.